The molecule has 0 aliphatic heterocycles. The van der Waals surface area contributed by atoms with Gasteiger partial charge in [-0.2, -0.15) is 0 Å². The first-order chi connectivity index (χ1) is 8.15. The maximum absolute atomic E-state index is 9.95. The highest BCUT2D eigenvalue weighted by atomic mass is 16.3. The van der Waals surface area contributed by atoms with Gasteiger partial charge in [-0.05, 0) is 56.6 Å². The number of nitrogens with one attached hydrogen (secondary N) is 1. The molecule has 1 aromatic rings. The van der Waals surface area contributed by atoms with Gasteiger partial charge in [-0.1, -0.05) is 12.5 Å². The molecule has 0 saturated heterocycles. The molecular formula is C15H21NO. The molecule has 0 heterocycles. The van der Waals surface area contributed by atoms with Gasteiger partial charge in [0.15, 0.2) is 0 Å². The number of rotatable bonds is 2. The zero-order chi connectivity index (χ0) is 12.0. The summed E-state index contributed by atoms with van der Waals surface area (Å²) in [5, 5.41) is 13.6. The SMILES string of the molecule is Cc1ccc(NC2CC3CCC2C3)c(C)c1O. The first-order valence-electron chi connectivity index (χ1n) is 6.71. The van der Waals surface area contributed by atoms with Crippen molar-refractivity contribution < 1.29 is 5.11 Å². The average molecular weight is 231 g/mol. The van der Waals surface area contributed by atoms with Crippen LogP contribution < -0.4 is 5.32 Å². The summed E-state index contributed by atoms with van der Waals surface area (Å²) in [6.45, 7) is 3.95. The third-order valence-electron chi connectivity index (χ3n) is 4.71. The number of hydrogen-bond acceptors (Lipinski definition) is 2. The minimum absolute atomic E-state index is 0.443. The molecule has 3 rings (SSSR count). The van der Waals surface area contributed by atoms with Crippen molar-refractivity contribution in [3.05, 3.63) is 23.3 Å². The molecule has 2 nitrogen and oxygen atoms in total. The van der Waals surface area contributed by atoms with Gasteiger partial charge in [-0.25, -0.2) is 0 Å². The highest BCUT2D eigenvalue weighted by molar-refractivity contribution is 5.59. The summed E-state index contributed by atoms with van der Waals surface area (Å²) in [5.41, 5.74) is 3.07. The number of hydrogen-bond donors (Lipinski definition) is 2. The van der Waals surface area contributed by atoms with Crippen LogP contribution in [0.5, 0.6) is 5.75 Å². The topological polar surface area (TPSA) is 32.3 Å². The fourth-order valence-corrected chi connectivity index (χ4v) is 3.61. The fourth-order valence-electron chi connectivity index (χ4n) is 3.61. The third kappa shape index (κ3) is 1.80. The third-order valence-corrected chi connectivity index (χ3v) is 4.71. The largest absolute Gasteiger partial charge is 0.507 e. The molecule has 3 atom stereocenters. The summed E-state index contributed by atoms with van der Waals surface area (Å²) < 4.78 is 0. The zero-order valence-electron chi connectivity index (χ0n) is 10.7. The van der Waals surface area contributed by atoms with E-state index in [2.05, 4.69) is 11.4 Å². The first kappa shape index (κ1) is 10.9. The van der Waals surface area contributed by atoms with E-state index in [4.69, 9.17) is 0 Å². The lowest BCUT2D eigenvalue weighted by molar-refractivity contribution is 0.438. The lowest BCUT2D eigenvalue weighted by Gasteiger charge is -2.25. The van der Waals surface area contributed by atoms with Crippen LogP contribution in [0.1, 0.15) is 36.8 Å². The molecule has 2 aliphatic rings. The maximum Gasteiger partial charge on any atom is 0.123 e. The van der Waals surface area contributed by atoms with E-state index >= 15 is 0 Å². The molecule has 2 fully saturated rings. The molecule has 0 radical (unpaired) electrons. The smallest absolute Gasteiger partial charge is 0.123 e. The highest BCUT2D eigenvalue weighted by Gasteiger charge is 2.39. The van der Waals surface area contributed by atoms with Gasteiger partial charge < -0.3 is 10.4 Å². The van der Waals surface area contributed by atoms with Crippen LogP contribution in [0.15, 0.2) is 12.1 Å². The summed E-state index contributed by atoms with van der Waals surface area (Å²) in [6, 6.07) is 4.74. The Hall–Kier alpha value is -1.18. The van der Waals surface area contributed by atoms with Gasteiger partial charge in [0, 0.05) is 17.3 Å². The number of phenols is 1. The monoisotopic (exact) mass is 231 g/mol. The minimum atomic E-state index is 0.443. The Morgan fingerprint density at radius 2 is 2.00 bits per heavy atom. The molecule has 0 amide bonds. The summed E-state index contributed by atoms with van der Waals surface area (Å²) in [7, 11) is 0. The van der Waals surface area contributed by atoms with E-state index in [0.29, 0.717) is 11.8 Å². The molecule has 2 bridgehead atoms. The zero-order valence-corrected chi connectivity index (χ0v) is 10.7. The van der Waals surface area contributed by atoms with Gasteiger partial charge in [-0.3, -0.25) is 0 Å². The van der Waals surface area contributed by atoms with E-state index in [9.17, 15) is 5.11 Å². The summed E-state index contributed by atoms with van der Waals surface area (Å²) >= 11 is 0. The predicted molar refractivity (Wildman–Crippen MR) is 70.4 cm³/mol. The molecule has 2 N–H and O–H groups in total. The normalized spacial score (nSPS) is 30.8. The van der Waals surface area contributed by atoms with E-state index in [0.717, 1.165) is 28.7 Å². The van der Waals surface area contributed by atoms with Crippen LogP contribution in [-0.2, 0) is 0 Å². The second-order valence-corrected chi connectivity index (χ2v) is 5.83. The van der Waals surface area contributed by atoms with Crippen molar-refractivity contribution in [2.45, 2.75) is 45.6 Å². The molecule has 92 valence electrons. The number of benzene rings is 1. The van der Waals surface area contributed by atoms with Crippen LogP contribution in [-0.4, -0.2) is 11.1 Å². The predicted octanol–water partition coefficient (Wildman–Crippen LogP) is 3.61. The van der Waals surface area contributed by atoms with E-state index in [1.165, 1.54) is 25.7 Å². The van der Waals surface area contributed by atoms with Crippen molar-refractivity contribution in [3.8, 4) is 5.75 Å². The second-order valence-electron chi connectivity index (χ2n) is 5.83. The molecule has 2 saturated carbocycles. The Kier molecular flexibility index (Phi) is 2.53. The molecule has 17 heavy (non-hydrogen) atoms. The van der Waals surface area contributed by atoms with Crippen molar-refractivity contribution in [3.63, 3.8) is 0 Å². The Labute approximate surface area is 103 Å². The summed E-state index contributed by atoms with van der Waals surface area (Å²) in [4.78, 5) is 0. The molecule has 2 heteroatoms. The van der Waals surface area contributed by atoms with Crippen LogP contribution in [0, 0.1) is 25.7 Å². The summed E-state index contributed by atoms with van der Waals surface area (Å²) in [6.07, 6.45) is 5.55. The van der Waals surface area contributed by atoms with Gasteiger partial charge >= 0.3 is 0 Å². The number of aromatic hydroxyl groups is 1. The average Bonchev–Trinajstić information content (AvgIpc) is 2.92. The van der Waals surface area contributed by atoms with Gasteiger partial charge in [0.25, 0.3) is 0 Å². The van der Waals surface area contributed by atoms with Crippen molar-refractivity contribution in [1.82, 2.24) is 0 Å². The van der Waals surface area contributed by atoms with Crippen LogP contribution in [0.25, 0.3) is 0 Å². The quantitative estimate of drug-likeness (QED) is 0.815. The molecular weight excluding hydrogens is 210 g/mol. The van der Waals surface area contributed by atoms with Crippen molar-refractivity contribution >= 4 is 5.69 Å². The summed E-state index contributed by atoms with van der Waals surface area (Å²) in [5.74, 6) is 2.26. The van der Waals surface area contributed by atoms with E-state index < -0.39 is 0 Å². The lowest BCUT2D eigenvalue weighted by Crippen LogP contribution is -2.26. The number of anilines is 1. The van der Waals surface area contributed by atoms with Gasteiger partial charge in [0.05, 0.1) is 0 Å². The Bertz CT molecular complexity index is 441. The highest BCUT2D eigenvalue weighted by Crippen LogP contribution is 2.46. The van der Waals surface area contributed by atoms with Crippen LogP contribution in [0.3, 0.4) is 0 Å². The fraction of sp³-hybridized carbons (Fsp3) is 0.600. The standard InChI is InChI=1S/C15H21NO/c1-9-3-6-13(10(2)15(9)17)16-14-8-11-4-5-12(14)7-11/h3,6,11-12,14,16-17H,4-5,7-8H2,1-2H3. The molecule has 0 aromatic heterocycles. The second kappa shape index (κ2) is 3.94. The van der Waals surface area contributed by atoms with Crippen LogP contribution in [0.2, 0.25) is 0 Å². The van der Waals surface area contributed by atoms with E-state index in [1.54, 1.807) is 0 Å². The van der Waals surface area contributed by atoms with E-state index in [-0.39, 0.29) is 0 Å². The van der Waals surface area contributed by atoms with Crippen LogP contribution >= 0.6 is 0 Å². The van der Waals surface area contributed by atoms with Crippen molar-refractivity contribution in [2.24, 2.45) is 11.8 Å². The number of phenolic OH excluding ortho intramolecular Hbond substituents is 1. The number of fused-ring (bicyclic) bond motifs is 2. The molecule has 3 unspecified atom stereocenters. The molecule has 1 aromatic carbocycles. The number of aryl methyl sites for hydroxylation is 1. The Balaban J connectivity index is 1.79. The molecule has 2 aliphatic carbocycles. The van der Waals surface area contributed by atoms with Crippen molar-refractivity contribution in [2.75, 3.05) is 5.32 Å². The molecule has 0 spiro atoms. The van der Waals surface area contributed by atoms with Gasteiger partial charge in [0.1, 0.15) is 5.75 Å². The maximum atomic E-state index is 9.95. The van der Waals surface area contributed by atoms with Crippen molar-refractivity contribution in [1.29, 1.82) is 0 Å². The lowest BCUT2D eigenvalue weighted by atomic mass is 9.94. The van der Waals surface area contributed by atoms with Crippen LogP contribution in [0.4, 0.5) is 5.69 Å². The van der Waals surface area contributed by atoms with Gasteiger partial charge in [-0.15, -0.1) is 0 Å². The van der Waals surface area contributed by atoms with Gasteiger partial charge in [0.2, 0.25) is 0 Å². The minimum Gasteiger partial charge on any atom is -0.507 e. The van der Waals surface area contributed by atoms with E-state index in [1.807, 2.05) is 19.9 Å². The Morgan fingerprint density at radius 3 is 2.65 bits per heavy atom. The first-order valence-corrected chi connectivity index (χ1v) is 6.71. The Morgan fingerprint density at radius 1 is 1.18 bits per heavy atom.